The second-order valence-corrected chi connectivity index (χ2v) is 6.27. The van der Waals surface area contributed by atoms with Gasteiger partial charge in [0.15, 0.2) is 5.69 Å². The van der Waals surface area contributed by atoms with Crippen molar-refractivity contribution >= 4 is 17.2 Å². The fourth-order valence-corrected chi connectivity index (χ4v) is 2.89. The Kier molecular flexibility index (Phi) is 4.41. The molecule has 0 aliphatic rings. The minimum Gasteiger partial charge on any atom is -0.384 e. The zero-order valence-electron chi connectivity index (χ0n) is 12.8. The molecular formula is C16H15FN4O2S. The third kappa shape index (κ3) is 3.50. The van der Waals surface area contributed by atoms with Crippen molar-refractivity contribution in [1.29, 1.82) is 0 Å². The molecule has 0 saturated carbocycles. The van der Waals surface area contributed by atoms with Crippen LogP contribution in [0.25, 0.3) is 5.69 Å². The second kappa shape index (κ2) is 6.50. The Hall–Kier alpha value is -2.58. The van der Waals surface area contributed by atoms with Crippen molar-refractivity contribution in [2.75, 3.05) is 6.54 Å². The van der Waals surface area contributed by atoms with Crippen molar-refractivity contribution in [2.24, 2.45) is 0 Å². The maximum Gasteiger partial charge on any atom is 0.273 e. The van der Waals surface area contributed by atoms with Crippen LogP contribution in [0.15, 0.2) is 47.3 Å². The lowest BCUT2D eigenvalue weighted by Crippen LogP contribution is -2.38. The molecule has 0 fully saturated rings. The van der Waals surface area contributed by atoms with Gasteiger partial charge in [-0.3, -0.25) is 4.79 Å². The molecule has 0 spiro atoms. The highest BCUT2D eigenvalue weighted by molar-refractivity contribution is 7.08. The summed E-state index contributed by atoms with van der Waals surface area (Å²) in [5, 5.41) is 24.4. The van der Waals surface area contributed by atoms with E-state index in [1.54, 1.807) is 6.92 Å². The Morgan fingerprint density at radius 2 is 2.12 bits per heavy atom. The van der Waals surface area contributed by atoms with Gasteiger partial charge in [-0.15, -0.1) is 5.10 Å². The molecule has 24 heavy (non-hydrogen) atoms. The van der Waals surface area contributed by atoms with Gasteiger partial charge < -0.3 is 10.4 Å². The van der Waals surface area contributed by atoms with Crippen LogP contribution in [0.1, 0.15) is 23.0 Å². The van der Waals surface area contributed by atoms with E-state index in [-0.39, 0.29) is 18.1 Å². The van der Waals surface area contributed by atoms with Crippen molar-refractivity contribution in [2.45, 2.75) is 12.5 Å². The van der Waals surface area contributed by atoms with Crippen LogP contribution in [0.4, 0.5) is 4.39 Å². The van der Waals surface area contributed by atoms with Crippen LogP contribution in [-0.2, 0) is 5.60 Å². The van der Waals surface area contributed by atoms with Crippen molar-refractivity contribution in [3.05, 3.63) is 64.4 Å². The first-order valence-electron chi connectivity index (χ1n) is 7.17. The molecule has 6 nitrogen and oxygen atoms in total. The number of carbonyl (C=O) groups is 1. The summed E-state index contributed by atoms with van der Waals surface area (Å²) in [6.45, 7) is 1.68. The van der Waals surface area contributed by atoms with Gasteiger partial charge in [-0.1, -0.05) is 5.21 Å². The summed E-state index contributed by atoms with van der Waals surface area (Å²) < 4.78 is 14.3. The number of thiophene rings is 1. The number of aromatic nitrogens is 3. The predicted molar refractivity (Wildman–Crippen MR) is 87.5 cm³/mol. The van der Waals surface area contributed by atoms with E-state index < -0.39 is 11.5 Å². The second-order valence-electron chi connectivity index (χ2n) is 5.49. The highest BCUT2D eigenvalue weighted by atomic mass is 32.1. The average molecular weight is 346 g/mol. The molecule has 2 heterocycles. The first-order chi connectivity index (χ1) is 11.5. The summed E-state index contributed by atoms with van der Waals surface area (Å²) in [5.41, 5.74) is 0.277. The number of carbonyl (C=O) groups excluding carboxylic acids is 1. The van der Waals surface area contributed by atoms with Gasteiger partial charge in [-0.2, -0.15) is 11.3 Å². The SMILES string of the molecule is CC(O)(CNC(=O)c1cn(-c2ccc(F)cc2)nn1)c1ccsc1. The van der Waals surface area contributed by atoms with Gasteiger partial charge in [-0.25, -0.2) is 9.07 Å². The summed E-state index contributed by atoms with van der Waals surface area (Å²) in [7, 11) is 0. The maximum atomic E-state index is 12.9. The minimum absolute atomic E-state index is 0.0476. The molecule has 0 bridgehead atoms. The van der Waals surface area contributed by atoms with Gasteiger partial charge in [0.05, 0.1) is 18.4 Å². The van der Waals surface area contributed by atoms with Crippen LogP contribution < -0.4 is 5.32 Å². The average Bonchev–Trinajstić information content (AvgIpc) is 3.25. The van der Waals surface area contributed by atoms with E-state index in [2.05, 4.69) is 15.6 Å². The molecule has 1 amide bonds. The summed E-state index contributed by atoms with van der Waals surface area (Å²) in [5.74, 6) is -0.800. The molecule has 1 unspecified atom stereocenters. The van der Waals surface area contributed by atoms with Crippen molar-refractivity contribution < 1.29 is 14.3 Å². The molecule has 0 aliphatic heterocycles. The summed E-state index contributed by atoms with van der Waals surface area (Å²) >= 11 is 1.47. The number of amides is 1. The highest BCUT2D eigenvalue weighted by Crippen LogP contribution is 2.22. The largest absolute Gasteiger partial charge is 0.384 e. The fraction of sp³-hybridized carbons (Fsp3) is 0.188. The molecule has 3 aromatic rings. The normalized spacial score (nSPS) is 13.5. The van der Waals surface area contributed by atoms with Gasteiger partial charge in [-0.05, 0) is 53.6 Å². The topological polar surface area (TPSA) is 80.0 Å². The summed E-state index contributed by atoms with van der Waals surface area (Å²) in [6, 6.07) is 7.48. The molecule has 0 radical (unpaired) electrons. The first-order valence-corrected chi connectivity index (χ1v) is 8.11. The van der Waals surface area contributed by atoms with Gasteiger partial charge >= 0.3 is 0 Å². The molecular weight excluding hydrogens is 331 g/mol. The molecule has 1 aromatic carbocycles. The Morgan fingerprint density at radius 3 is 2.79 bits per heavy atom. The standard InChI is InChI=1S/C16H15FN4O2S/c1-16(23,11-6-7-24-9-11)10-18-15(22)14-8-21(20-19-14)13-4-2-12(17)3-5-13/h2-9,23H,10H2,1H3,(H,18,22). The van der Waals surface area contributed by atoms with Gasteiger partial charge in [0.25, 0.3) is 5.91 Å². The Labute approximate surface area is 141 Å². The number of rotatable bonds is 5. The zero-order chi connectivity index (χ0) is 17.2. The quantitative estimate of drug-likeness (QED) is 0.741. The maximum absolute atomic E-state index is 12.9. The fourth-order valence-electron chi connectivity index (χ4n) is 2.10. The number of aliphatic hydroxyl groups is 1. The monoisotopic (exact) mass is 346 g/mol. The van der Waals surface area contributed by atoms with Gasteiger partial charge in [0.1, 0.15) is 11.4 Å². The van der Waals surface area contributed by atoms with E-state index in [4.69, 9.17) is 0 Å². The lowest BCUT2D eigenvalue weighted by molar-refractivity contribution is 0.0528. The Bertz CT molecular complexity index is 828. The number of nitrogens with zero attached hydrogens (tertiary/aromatic N) is 3. The van der Waals surface area contributed by atoms with Crippen molar-refractivity contribution in [3.8, 4) is 5.69 Å². The van der Waals surface area contributed by atoms with Gasteiger partial charge in [0, 0.05) is 0 Å². The summed E-state index contributed by atoms with van der Waals surface area (Å²) in [6.07, 6.45) is 1.45. The smallest absolute Gasteiger partial charge is 0.273 e. The molecule has 124 valence electrons. The van der Waals surface area contributed by atoms with E-state index in [1.165, 1.54) is 46.5 Å². The van der Waals surface area contributed by atoms with Crippen LogP contribution in [0.3, 0.4) is 0 Å². The zero-order valence-corrected chi connectivity index (χ0v) is 13.6. The number of hydrogen-bond donors (Lipinski definition) is 2. The third-order valence-corrected chi connectivity index (χ3v) is 4.24. The van der Waals surface area contributed by atoms with Gasteiger partial charge in [0.2, 0.25) is 0 Å². The van der Waals surface area contributed by atoms with Crippen LogP contribution in [0.2, 0.25) is 0 Å². The molecule has 2 N–H and O–H groups in total. The van der Waals surface area contributed by atoms with Crippen LogP contribution in [0.5, 0.6) is 0 Å². The number of benzene rings is 1. The molecule has 1 atom stereocenters. The van der Waals surface area contributed by atoms with Crippen LogP contribution in [-0.4, -0.2) is 32.6 Å². The van der Waals surface area contributed by atoms with E-state index in [1.807, 2.05) is 16.8 Å². The Morgan fingerprint density at radius 1 is 1.38 bits per heavy atom. The molecule has 0 aliphatic carbocycles. The Balaban J connectivity index is 1.67. The molecule has 0 saturated heterocycles. The lowest BCUT2D eigenvalue weighted by Gasteiger charge is -2.22. The number of halogens is 1. The highest BCUT2D eigenvalue weighted by Gasteiger charge is 2.25. The third-order valence-electron chi connectivity index (χ3n) is 3.55. The first kappa shape index (κ1) is 16.3. The van der Waals surface area contributed by atoms with E-state index in [0.717, 1.165) is 5.56 Å². The van der Waals surface area contributed by atoms with E-state index in [0.29, 0.717) is 5.69 Å². The molecule has 3 rings (SSSR count). The molecule has 2 aromatic heterocycles. The molecule has 8 heteroatoms. The predicted octanol–water partition coefficient (Wildman–Crippen LogP) is 2.11. The number of nitrogens with one attached hydrogen (secondary N) is 1. The lowest BCUT2D eigenvalue weighted by atomic mass is 9.99. The minimum atomic E-state index is -1.16. The van der Waals surface area contributed by atoms with Crippen molar-refractivity contribution in [1.82, 2.24) is 20.3 Å². The summed E-state index contributed by atoms with van der Waals surface area (Å²) in [4.78, 5) is 12.2. The number of hydrogen-bond acceptors (Lipinski definition) is 5. The van der Waals surface area contributed by atoms with Crippen LogP contribution in [0, 0.1) is 5.82 Å². The van der Waals surface area contributed by atoms with Crippen LogP contribution >= 0.6 is 11.3 Å². The van der Waals surface area contributed by atoms with E-state index >= 15 is 0 Å². The van der Waals surface area contributed by atoms with E-state index in [9.17, 15) is 14.3 Å². The van der Waals surface area contributed by atoms with Crippen molar-refractivity contribution in [3.63, 3.8) is 0 Å².